The second-order valence-electron chi connectivity index (χ2n) is 2.92. The molecule has 64 valence electrons. The van der Waals surface area contributed by atoms with E-state index in [1.807, 2.05) is 11.8 Å². The standard InChI is InChI=1S/C9H16OS/c10-6-2-1-4-9-5-3-7-11-8-9/h1,4,9-10H,2-3,5-8H2/b4-1-. The Kier molecular flexibility index (Phi) is 4.71. The van der Waals surface area contributed by atoms with E-state index < -0.39 is 0 Å². The molecular formula is C9H16OS. The number of allylic oxidation sites excluding steroid dienone is 1. The molecule has 1 rings (SSSR count). The van der Waals surface area contributed by atoms with Gasteiger partial charge in [0, 0.05) is 6.61 Å². The van der Waals surface area contributed by atoms with Crippen molar-refractivity contribution in [1.29, 1.82) is 0 Å². The maximum Gasteiger partial charge on any atom is 0.0465 e. The molecule has 1 unspecified atom stereocenters. The summed E-state index contributed by atoms with van der Waals surface area (Å²) in [6.07, 6.45) is 7.90. The van der Waals surface area contributed by atoms with Crippen molar-refractivity contribution in [2.45, 2.75) is 19.3 Å². The summed E-state index contributed by atoms with van der Waals surface area (Å²) < 4.78 is 0. The van der Waals surface area contributed by atoms with Crippen LogP contribution in [0.1, 0.15) is 19.3 Å². The van der Waals surface area contributed by atoms with Crippen molar-refractivity contribution in [2.75, 3.05) is 18.1 Å². The normalized spacial score (nSPS) is 26.1. The van der Waals surface area contributed by atoms with Crippen LogP contribution >= 0.6 is 11.8 Å². The fourth-order valence-corrected chi connectivity index (χ4v) is 2.40. The highest BCUT2D eigenvalue weighted by molar-refractivity contribution is 7.99. The Hall–Kier alpha value is 0.0500. The van der Waals surface area contributed by atoms with E-state index in [-0.39, 0.29) is 6.61 Å². The van der Waals surface area contributed by atoms with Gasteiger partial charge in [-0.05, 0) is 36.7 Å². The Morgan fingerprint density at radius 1 is 1.55 bits per heavy atom. The Morgan fingerprint density at radius 2 is 2.45 bits per heavy atom. The van der Waals surface area contributed by atoms with E-state index in [9.17, 15) is 0 Å². The highest BCUT2D eigenvalue weighted by atomic mass is 32.2. The van der Waals surface area contributed by atoms with Crippen LogP contribution in [-0.4, -0.2) is 23.2 Å². The number of hydrogen-bond donors (Lipinski definition) is 1. The second-order valence-corrected chi connectivity index (χ2v) is 4.07. The molecule has 0 aromatic carbocycles. The van der Waals surface area contributed by atoms with Crippen LogP contribution in [0.5, 0.6) is 0 Å². The summed E-state index contributed by atoms with van der Waals surface area (Å²) in [7, 11) is 0. The van der Waals surface area contributed by atoms with Crippen LogP contribution in [0.4, 0.5) is 0 Å². The van der Waals surface area contributed by atoms with Crippen molar-refractivity contribution < 1.29 is 5.11 Å². The van der Waals surface area contributed by atoms with Gasteiger partial charge < -0.3 is 5.11 Å². The SMILES string of the molecule is OCC/C=C\C1CCCSC1. The molecule has 0 saturated carbocycles. The molecule has 11 heavy (non-hydrogen) atoms. The molecule has 1 heterocycles. The predicted octanol–water partition coefficient (Wildman–Crippen LogP) is 2.07. The van der Waals surface area contributed by atoms with Crippen LogP contribution < -0.4 is 0 Å². The minimum atomic E-state index is 0.288. The van der Waals surface area contributed by atoms with Crippen molar-refractivity contribution in [3.8, 4) is 0 Å². The lowest BCUT2D eigenvalue weighted by Gasteiger charge is -2.17. The van der Waals surface area contributed by atoms with E-state index in [2.05, 4.69) is 12.2 Å². The molecule has 1 atom stereocenters. The summed E-state index contributed by atoms with van der Waals surface area (Å²) in [4.78, 5) is 0. The second kappa shape index (κ2) is 5.67. The van der Waals surface area contributed by atoms with Gasteiger partial charge in [0.1, 0.15) is 0 Å². The van der Waals surface area contributed by atoms with E-state index in [1.165, 1.54) is 24.3 Å². The van der Waals surface area contributed by atoms with Crippen LogP contribution in [0.2, 0.25) is 0 Å². The summed E-state index contributed by atoms with van der Waals surface area (Å²) in [5, 5.41) is 8.54. The van der Waals surface area contributed by atoms with Gasteiger partial charge in [0.25, 0.3) is 0 Å². The average Bonchev–Trinajstić information content (AvgIpc) is 2.07. The summed E-state index contributed by atoms with van der Waals surface area (Å²) >= 11 is 2.05. The topological polar surface area (TPSA) is 20.2 Å². The molecule has 1 nitrogen and oxygen atoms in total. The molecule has 0 radical (unpaired) electrons. The van der Waals surface area contributed by atoms with Gasteiger partial charge in [-0.2, -0.15) is 11.8 Å². The Balaban J connectivity index is 2.13. The summed E-state index contributed by atoms with van der Waals surface area (Å²) in [6, 6.07) is 0. The highest BCUT2D eigenvalue weighted by Gasteiger charge is 2.09. The fourth-order valence-electron chi connectivity index (χ4n) is 1.28. The van der Waals surface area contributed by atoms with Crippen molar-refractivity contribution in [3.05, 3.63) is 12.2 Å². The zero-order chi connectivity index (χ0) is 7.94. The van der Waals surface area contributed by atoms with Gasteiger partial charge in [-0.25, -0.2) is 0 Å². The largest absolute Gasteiger partial charge is 0.396 e. The molecule has 1 fully saturated rings. The molecule has 2 heteroatoms. The summed E-state index contributed by atoms with van der Waals surface area (Å²) in [6.45, 7) is 0.288. The number of hydrogen-bond acceptors (Lipinski definition) is 2. The molecule has 1 N–H and O–H groups in total. The molecule has 1 aliphatic heterocycles. The van der Waals surface area contributed by atoms with Gasteiger partial charge in [-0.1, -0.05) is 12.2 Å². The monoisotopic (exact) mass is 172 g/mol. The molecule has 0 aromatic rings. The molecule has 0 amide bonds. The van der Waals surface area contributed by atoms with E-state index in [0.29, 0.717) is 0 Å². The molecule has 0 aromatic heterocycles. The highest BCUT2D eigenvalue weighted by Crippen LogP contribution is 2.23. The number of thioether (sulfide) groups is 1. The first kappa shape index (κ1) is 9.14. The van der Waals surface area contributed by atoms with Gasteiger partial charge in [0.15, 0.2) is 0 Å². The third-order valence-corrected chi connectivity index (χ3v) is 3.14. The molecule has 0 aliphatic carbocycles. The van der Waals surface area contributed by atoms with Crippen molar-refractivity contribution in [2.24, 2.45) is 5.92 Å². The average molecular weight is 172 g/mol. The van der Waals surface area contributed by atoms with Crippen LogP contribution in [0.25, 0.3) is 0 Å². The third-order valence-electron chi connectivity index (χ3n) is 1.90. The van der Waals surface area contributed by atoms with E-state index >= 15 is 0 Å². The molecule has 0 spiro atoms. The summed E-state index contributed by atoms with van der Waals surface area (Å²) in [5.74, 6) is 3.40. The summed E-state index contributed by atoms with van der Waals surface area (Å²) in [5.41, 5.74) is 0. The predicted molar refractivity (Wildman–Crippen MR) is 50.9 cm³/mol. The van der Waals surface area contributed by atoms with Crippen LogP contribution in [0, 0.1) is 5.92 Å². The number of aliphatic hydroxyl groups is 1. The molecule has 1 saturated heterocycles. The minimum absolute atomic E-state index is 0.288. The Morgan fingerprint density at radius 3 is 3.09 bits per heavy atom. The van der Waals surface area contributed by atoms with Crippen LogP contribution in [0.15, 0.2) is 12.2 Å². The van der Waals surface area contributed by atoms with E-state index in [0.717, 1.165) is 12.3 Å². The molecular weight excluding hydrogens is 156 g/mol. The number of rotatable bonds is 3. The molecule has 1 aliphatic rings. The van der Waals surface area contributed by atoms with Gasteiger partial charge in [-0.15, -0.1) is 0 Å². The first-order valence-electron chi connectivity index (χ1n) is 4.28. The minimum Gasteiger partial charge on any atom is -0.396 e. The lowest BCUT2D eigenvalue weighted by Crippen LogP contribution is -2.07. The van der Waals surface area contributed by atoms with Crippen molar-refractivity contribution in [1.82, 2.24) is 0 Å². The lowest BCUT2D eigenvalue weighted by molar-refractivity contribution is 0.302. The maximum absolute atomic E-state index is 8.54. The smallest absolute Gasteiger partial charge is 0.0465 e. The number of aliphatic hydroxyl groups excluding tert-OH is 1. The van der Waals surface area contributed by atoms with Crippen LogP contribution in [-0.2, 0) is 0 Å². The van der Waals surface area contributed by atoms with Crippen molar-refractivity contribution >= 4 is 11.8 Å². The maximum atomic E-state index is 8.54. The van der Waals surface area contributed by atoms with Gasteiger partial charge in [0.05, 0.1) is 0 Å². The molecule has 0 bridgehead atoms. The van der Waals surface area contributed by atoms with Crippen LogP contribution in [0.3, 0.4) is 0 Å². The first-order valence-corrected chi connectivity index (χ1v) is 5.44. The van der Waals surface area contributed by atoms with Gasteiger partial charge in [0.2, 0.25) is 0 Å². The third kappa shape index (κ3) is 3.82. The zero-order valence-electron chi connectivity index (χ0n) is 6.83. The lowest BCUT2D eigenvalue weighted by atomic mass is 10.0. The van der Waals surface area contributed by atoms with E-state index in [1.54, 1.807) is 0 Å². The fraction of sp³-hybridized carbons (Fsp3) is 0.778. The van der Waals surface area contributed by atoms with Gasteiger partial charge in [-0.3, -0.25) is 0 Å². The van der Waals surface area contributed by atoms with Gasteiger partial charge >= 0.3 is 0 Å². The quantitative estimate of drug-likeness (QED) is 0.658. The zero-order valence-corrected chi connectivity index (χ0v) is 7.65. The Bertz CT molecular complexity index is 117. The first-order chi connectivity index (χ1) is 5.43. The Labute approximate surface area is 72.9 Å². The van der Waals surface area contributed by atoms with E-state index in [4.69, 9.17) is 5.11 Å². The van der Waals surface area contributed by atoms with Crippen molar-refractivity contribution in [3.63, 3.8) is 0 Å².